The van der Waals surface area contributed by atoms with Gasteiger partial charge in [-0.15, -0.1) is 0 Å². The number of H-pyrrole nitrogens is 1. The summed E-state index contributed by atoms with van der Waals surface area (Å²) in [5.74, 6) is 0.504. The number of aromatic nitrogens is 3. The zero-order valence-electron chi connectivity index (χ0n) is 12.4. The number of amides is 2. The normalized spacial score (nSPS) is 12.1. The van der Waals surface area contributed by atoms with Crippen LogP contribution >= 0.6 is 0 Å². The van der Waals surface area contributed by atoms with Crippen molar-refractivity contribution in [2.24, 2.45) is 0 Å². The Morgan fingerprint density at radius 2 is 2.05 bits per heavy atom. The van der Waals surface area contributed by atoms with Crippen LogP contribution in [0.3, 0.4) is 0 Å². The highest BCUT2D eigenvalue weighted by Gasteiger charge is 2.11. The molecular weight excluding hydrogens is 278 g/mol. The third-order valence-electron chi connectivity index (χ3n) is 3.50. The summed E-state index contributed by atoms with van der Waals surface area (Å²) in [5, 5.41) is 13.4. The average Bonchev–Trinajstić information content (AvgIpc) is 2.97. The van der Waals surface area contributed by atoms with E-state index in [4.69, 9.17) is 0 Å². The molecule has 2 heterocycles. The molecule has 0 spiro atoms. The molecule has 3 aromatic rings. The number of carbonyl (C=O) groups excluding carboxylic acids is 1. The Morgan fingerprint density at radius 3 is 2.82 bits per heavy atom. The van der Waals surface area contributed by atoms with E-state index in [0.717, 1.165) is 22.2 Å². The van der Waals surface area contributed by atoms with Crippen LogP contribution in [0.1, 0.15) is 24.2 Å². The van der Waals surface area contributed by atoms with Crippen LogP contribution in [0.5, 0.6) is 0 Å². The molecule has 112 valence electrons. The molecule has 2 amide bonds. The SMILES string of the molecule is Cc1nc(NC(=O)N[C@H](C)c2ccccc2)cc2cn[nH]c12. The highest BCUT2D eigenvalue weighted by molar-refractivity contribution is 5.91. The molecule has 6 nitrogen and oxygen atoms in total. The predicted octanol–water partition coefficient (Wildman–Crippen LogP) is 3.15. The molecule has 0 saturated carbocycles. The predicted molar refractivity (Wildman–Crippen MR) is 85.6 cm³/mol. The number of nitrogens with one attached hydrogen (secondary N) is 3. The van der Waals surface area contributed by atoms with E-state index < -0.39 is 0 Å². The molecule has 0 fully saturated rings. The summed E-state index contributed by atoms with van der Waals surface area (Å²) in [6.45, 7) is 3.81. The van der Waals surface area contributed by atoms with Crippen LogP contribution in [0, 0.1) is 6.92 Å². The number of benzene rings is 1. The highest BCUT2D eigenvalue weighted by Crippen LogP contribution is 2.18. The number of nitrogens with zero attached hydrogens (tertiary/aromatic N) is 2. The van der Waals surface area contributed by atoms with Crippen LogP contribution in [0.25, 0.3) is 10.9 Å². The van der Waals surface area contributed by atoms with Gasteiger partial charge in [-0.1, -0.05) is 30.3 Å². The lowest BCUT2D eigenvalue weighted by atomic mass is 10.1. The van der Waals surface area contributed by atoms with Crippen LogP contribution in [0.2, 0.25) is 0 Å². The first-order chi connectivity index (χ1) is 10.6. The molecule has 6 heteroatoms. The van der Waals surface area contributed by atoms with Gasteiger partial charge in [-0.05, 0) is 25.5 Å². The van der Waals surface area contributed by atoms with Gasteiger partial charge in [-0.25, -0.2) is 9.78 Å². The standard InChI is InChI=1S/C16H17N5O/c1-10(12-6-4-3-5-7-12)19-16(22)20-14-8-13-9-17-21-15(13)11(2)18-14/h3-10H,1-2H3,(H,17,21)(H2,18,19,20,22)/t10-/m1/s1. The quantitative estimate of drug-likeness (QED) is 0.694. The van der Waals surface area contributed by atoms with Gasteiger partial charge in [0.2, 0.25) is 0 Å². The summed E-state index contributed by atoms with van der Waals surface area (Å²) < 4.78 is 0. The number of aromatic amines is 1. The third kappa shape index (κ3) is 2.90. The maximum absolute atomic E-state index is 12.1. The largest absolute Gasteiger partial charge is 0.331 e. The molecule has 3 N–H and O–H groups in total. The number of rotatable bonds is 3. The minimum absolute atomic E-state index is 0.0834. The van der Waals surface area contributed by atoms with E-state index >= 15 is 0 Å². The van der Waals surface area contributed by atoms with E-state index in [1.54, 1.807) is 12.3 Å². The van der Waals surface area contributed by atoms with Crippen molar-refractivity contribution < 1.29 is 4.79 Å². The maximum Gasteiger partial charge on any atom is 0.320 e. The van der Waals surface area contributed by atoms with Crippen LogP contribution in [-0.4, -0.2) is 21.2 Å². The number of pyridine rings is 1. The lowest BCUT2D eigenvalue weighted by Crippen LogP contribution is -2.31. The van der Waals surface area contributed by atoms with Crippen LogP contribution in [-0.2, 0) is 0 Å². The first-order valence-electron chi connectivity index (χ1n) is 7.06. The van der Waals surface area contributed by atoms with E-state index in [1.165, 1.54) is 0 Å². The second-order valence-electron chi connectivity index (χ2n) is 5.16. The summed E-state index contributed by atoms with van der Waals surface area (Å²) in [6.07, 6.45) is 1.71. The third-order valence-corrected chi connectivity index (χ3v) is 3.50. The zero-order valence-corrected chi connectivity index (χ0v) is 12.4. The molecule has 1 aromatic carbocycles. The molecule has 0 aliphatic rings. The van der Waals surface area contributed by atoms with Crippen molar-refractivity contribution in [3.8, 4) is 0 Å². The zero-order chi connectivity index (χ0) is 15.5. The Morgan fingerprint density at radius 1 is 1.27 bits per heavy atom. The van der Waals surface area contributed by atoms with Gasteiger partial charge in [0.25, 0.3) is 0 Å². The van der Waals surface area contributed by atoms with Gasteiger partial charge in [0, 0.05) is 5.39 Å². The van der Waals surface area contributed by atoms with Crippen molar-refractivity contribution in [3.63, 3.8) is 0 Å². The van der Waals surface area contributed by atoms with Gasteiger partial charge in [0.1, 0.15) is 5.82 Å². The van der Waals surface area contributed by atoms with Crippen LogP contribution in [0.4, 0.5) is 10.6 Å². The van der Waals surface area contributed by atoms with Crippen molar-refractivity contribution in [1.29, 1.82) is 0 Å². The second kappa shape index (κ2) is 5.85. The molecule has 0 unspecified atom stereocenters. The Balaban J connectivity index is 1.70. The summed E-state index contributed by atoms with van der Waals surface area (Å²) in [4.78, 5) is 16.4. The number of urea groups is 1. The Hall–Kier alpha value is -2.89. The minimum atomic E-state index is -0.286. The van der Waals surface area contributed by atoms with Crippen molar-refractivity contribution in [1.82, 2.24) is 20.5 Å². The summed E-state index contributed by atoms with van der Waals surface area (Å²) >= 11 is 0. The van der Waals surface area contributed by atoms with Gasteiger partial charge < -0.3 is 5.32 Å². The Kier molecular flexibility index (Phi) is 3.74. The lowest BCUT2D eigenvalue weighted by molar-refractivity contribution is 0.249. The molecule has 0 saturated heterocycles. The van der Waals surface area contributed by atoms with Crippen molar-refractivity contribution in [2.75, 3.05) is 5.32 Å². The number of aryl methyl sites for hydroxylation is 1. The summed E-state index contributed by atoms with van der Waals surface area (Å²) in [5.41, 5.74) is 2.72. The molecule has 0 radical (unpaired) electrons. The first-order valence-corrected chi connectivity index (χ1v) is 7.06. The number of fused-ring (bicyclic) bond motifs is 1. The number of hydrogen-bond donors (Lipinski definition) is 3. The van der Waals surface area contributed by atoms with E-state index in [-0.39, 0.29) is 12.1 Å². The topological polar surface area (TPSA) is 82.7 Å². The fourth-order valence-electron chi connectivity index (χ4n) is 2.35. The summed E-state index contributed by atoms with van der Waals surface area (Å²) in [7, 11) is 0. The van der Waals surface area contributed by atoms with Gasteiger partial charge >= 0.3 is 6.03 Å². The van der Waals surface area contributed by atoms with Gasteiger partial charge in [-0.2, -0.15) is 5.10 Å². The van der Waals surface area contributed by atoms with Crippen molar-refractivity contribution in [2.45, 2.75) is 19.9 Å². The van der Waals surface area contributed by atoms with Gasteiger partial charge in [0.15, 0.2) is 0 Å². The summed E-state index contributed by atoms with van der Waals surface area (Å²) in [6, 6.07) is 11.2. The fraction of sp³-hybridized carbons (Fsp3) is 0.188. The van der Waals surface area contributed by atoms with Crippen molar-refractivity contribution in [3.05, 3.63) is 53.9 Å². The van der Waals surface area contributed by atoms with E-state index in [1.807, 2.05) is 44.2 Å². The molecule has 22 heavy (non-hydrogen) atoms. The fourth-order valence-corrected chi connectivity index (χ4v) is 2.35. The molecule has 2 aromatic heterocycles. The molecule has 0 aliphatic heterocycles. The Labute approximate surface area is 128 Å². The van der Waals surface area contributed by atoms with Crippen LogP contribution in [0.15, 0.2) is 42.6 Å². The molecule has 0 aliphatic carbocycles. The minimum Gasteiger partial charge on any atom is -0.331 e. The number of carbonyl (C=O) groups is 1. The van der Waals surface area contributed by atoms with E-state index in [9.17, 15) is 4.79 Å². The van der Waals surface area contributed by atoms with E-state index in [2.05, 4.69) is 25.8 Å². The smallest absolute Gasteiger partial charge is 0.320 e. The molecular formula is C16H17N5O. The molecule has 1 atom stereocenters. The number of hydrogen-bond acceptors (Lipinski definition) is 3. The second-order valence-corrected chi connectivity index (χ2v) is 5.16. The first kappa shape index (κ1) is 14.1. The molecule has 3 rings (SSSR count). The van der Waals surface area contributed by atoms with Crippen LogP contribution < -0.4 is 10.6 Å². The molecule has 0 bridgehead atoms. The maximum atomic E-state index is 12.1. The highest BCUT2D eigenvalue weighted by atomic mass is 16.2. The van der Waals surface area contributed by atoms with Crippen molar-refractivity contribution >= 4 is 22.8 Å². The lowest BCUT2D eigenvalue weighted by Gasteiger charge is -2.15. The van der Waals surface area contributed by atoms with Gasteiger partial charge in [0.05, 0.1) is 23.4 Å². The van der Waals surface area contributed by atoms with E-state index in [0.29, 0.717) is 5.82 Å². The Bertz CT molecular complexity index is 797. The van der Waals surface area contributed by atoms with Gasteiger partial charge in [-0.3, -0.25) is 10.4 Å². The number of anilines is 1. The average molecular weight is 295 g/mol. The monoisotopic (exact) mass is 295 g/mol.